The first-order valence-corrected chi connectivity index (χ1v) is 18.6. The average molecular weight is 1010 g/mol. The standard InChI is InChI=1S/2C13H10.2C9H7.C7H7Si.4ClH.2Zr/c2*1-9-8-11-6-2-4-10-5-3-7-12(9)13(10)11;2*1-2-5-9-7-3-6-8(9)4-1;8-6-7-4-2-1-3-5-7;;;;;;/h2*2-8H,1H3;2*1-7H;1-5H,6H2;4*1H;;/q;;2*-1;;;;;;2*+3/p-4. The van der Waals surface area contributed by atoms with Crippen molar-refractivity contribution in [1.82, 2.24) is 0 Å². The average Bonchev–Trinajstić information content (AvgIpc) is 4.01. The van der Waals surface area contributed by atoms with Gasteiger partial charge in [-0.05, 0) is 74.8 Å². The summed E-state index contributed by atoms with van der Waals surface area (Å²) in [6.45, 7) is 4.35. The van der Waals surface area contributed by atoms with Gasteiger partial charge in [0.15, 0.2) is 0 Å². The van der Waals surface area contributed by atoms with Gasteiger partial charge < -0.3 is 49.6 Å². The Morgan fingerprint density at radius 1 is 0.397 bits per heavy atom. The fraction of sp³-hybridized carbons (Fsp3) is 0.0588. The molecule has 5 radical (unpaired) electrons. The summed E-state index contributed by atoms with van der Waals surface area (Å²) < 4.78 is 0. The van der Waals surface area contributed by atoms with Crippen molar-refractivity contribution >= 4 is 76.6 Å². The summed E-state index contributed by atoms with van der Waals surface area (Å²) in [6, 6.07) is 66.5. The van der Waals surface area contributed by atoms with Crippen LogP contribution in [0.5, 0.6) is 0 Å². The van der Waals surface area contributed by atoms with E-state index in [1.54, 1.807) is 0 Å². The molecule has 0 atom stereocenters. The van der Waals surface area contributed by atoms with Crippen molar-refractivity contribution in [3.05, 3.63) is 216 Å². The van der Waals surface area contributed by atoms with Crippen LogP contribution in [-0.2, 0) is 58.5 Å². The van der Waals surface area contributed by atoms with Crippen molar-refractivity contribution in [3.8, 4) is 0 Å². The number of benzene rings is 7. The second-order valence-electron chi connectivity index (χ2n) is 13.1. The zero-order valence-electron chi connectivity index (χ0n) is 32.3. The number of rotatable bonds is 1. The molecule has 0 heterocycles. The smallest absolute Gasteiger partial charge is 1.00 e. The molecule has 11 rings (SSSR count). The Kier molecular flexibility index (Phi) is 23.9. The van der Waals surface area contributed by atoms with Gasteiger partial charge in [-0.15, -0.1) is 59.3 Å². The minimum absolute atomic E-state index is 0. The summed E-state index contributed by atoms with van der Waals surface area (Å²) in [5.74, 6) is 0. The van der Waals surface area contributed by atoms with Crippen molar-refractivity contribution in [2.75, 3.05) is 0 Å². The zero-order chi connectivity index (χ0) is 35.7. The van der Waals surface area contributed by atoms with Crippen molar-refractivity contribution in [2.24, 2.45) is 0 Å². The van der Waals surface area contributed by atoms with E-state index in [1.165, 1.54) is 82.1 Å². The second-order valence-corrected chi connectivity index (χ2v) is 13.5. The molecule has 2 aliphatic carbocycles. The first-order chi connectivity index (χ1) is 25.6. The molecule has 0 saturated carbocycles. The van der Waals surface area contributed by atoms with E-state index >= 15 is 0 Å². The van der Waals surface area contributed by atoms with E-state index in [4.69, 9.17) is 0 Å². The second kappa shape index (κ2) is 26.2. The maximum absolute atomic E-state index is 3.40. The van der Waals surface area contributed by atoms with Gasteiger partial charge >= 0.3 is 52.4 Å². The molecule has 0 spiro atoms. The summed E-state index contributed by atoms with van der Waals surface area (Å²) in [6.07, 6.45) is 4.52. The van der Waals surface area contributed by atoms with Gasteiger partial charge in [0.25, 0.3) is 0 Å². The summed E-state index contributed by atoms with van der Waals surface area (Å²) in [4.78, 5) is 0. The SMILES string of the molecule is CC1=Cc2cccc3cccc1c23.CC1=Cc2cccc3cccc1c23.[Cl-].[Cl-].[Cl-].[Cl-].[Si]Cc1ccccc1.[Zr+3].[Zr+3].c1ccc2[cH-]ccc2c1.c1ccc2[cH-]ccc2c1. The normalized spacial score (nSPS) is 10.5. The van der Waals surface area contributed by atoms with Crippen LogP contribution in [-0.4, -0.2) is 10.2 Å². The van der Waals surface area contributed by atoms with Crippen LogP contribution in [0.15, 0.2) is 188 Å². The predicted octanol–water partition coefficient (Wildman–Crippen LogP) is 1.91. The van der Waals surface area contributed by atoms with Crippen LogP contribution in [0.25, 0.3) is 66.4 Å². The molecule has 0 aromatic heterocycles. The molecule has 0 nitrogen and oxygen atoms in total. The van der Waals surface area contributed by atoms with Crippen LogP contribution in [0.4, 0.5) is 0 Å². The molecule has 0 unspecified atom stereocenters. The van der Waals surface area contributed by atoms with E-state index < -0.39 is 0 Å². The monoisotopic (exact) mass is 1000 g/mol. The van der Waals surface area contributed by atoms with Gasteiger partial charge in [0.05, 0.1) is 0 Å². The minimum Gasteiger partial charge on any atom is -1.00 e. The summed E-state index contributed by atoms with van der Waals surface area (Å²) >= 11 is 0. The van der Waals surface area contributed by atoms with Gasteiger partial charge in [0, 0.05) is 10.2 Å². The molecule has 7 heteroatoms. The van der Waals surface area contributed by atoms with E-state index in [9.17, 15) is 0 Å². The fourth-order valence-electron chi connectivity index (χ4n) is 7.00. The number of halogens is 4. The third-order valence-electron chi connectivity index (χ3n) is 9.61. The maximum atomic E-state index is 3.40. The molecule has 0 amide bonds. The molecule has 0 bridgehead atoms. The summed E-state index contributed by atoms with van der Waals surface area (Å²) in [5.41, 5.74) is 9.61. The summed E-state index contributed by atoms with van der Waals surface area (Å²) in [5, 5.41) is 10.9. The first-order valence-electron chi connectivity index (χ1n) is 17.9. The van der Waals surface area contributed by atoms with Crippen LogP contribution in [0.3, 0.4) is 0 Å². The molecule has 0 aliphatic heterocycles. The third-order valence-corrected chi connectivity index (χ3v) is 10.0. The fourth-order valence-corrected chi connectivity index (χ4v) is 7.23. The van der Waals surface area contributed by atoms with Gasteiger partial charge in [-0.25, -0.2) is 0 Å². The molecule has 9 aromatic rings. The largest absolute Gasteiger partial charge is 3.00 e. The van der Waals surface area contributed by atoms with E-state index in [0.717, 1.165) is 6.04 Å². The first kappa shape index (κ1) is 52.9. The Hall–Kier alpha value is -3.10. The van der Waals surface area contributed by atoms with E-state index in [0.29, 0.717) is 0 Å². The minimum atomic E-state index is 0. The molecule has 58 heavy (non-hydrogen) atoms. The Balaban J connectivity index is 0.000000358. The Bertz CT molecular complexity index is 2420. The molecular weight excluding hydrogens is 965 g/mol. The van der Waals surface area contributed by atoms with E-state index in [-0.39, 0.29) is 102 Å². The third kappa shape index (κ3) is 13.0. The Labute approximate surface area is 410 Å². The van der Waals surface area contributed by atoms with Crippen molar-refractivity contribution < 1.29 is 102 Å². The van der Waals surface area contributed by atoms with Crippen LogP contribution >= 0.6 is 0 Å². The number of hydrogen-bond donors (Lipinski definition) is 0. The maximum Gasteiger partial charge on any atom is 3.00 e. The predicted molar refractivity (Wildman–Crippen MR) is 230 cm³/mol. The van der Waals surface area contributed by atoms with Crippen LogP contribution in [0.1, 0.15) is 41.7 Å². The zero-order valence-corrected chi connectivity index (χ0v) is 41.2. The van der Waals surface area contributed by atoms with Gasteiger partial charge in [0.1, 0.15) is 0 Å². The Morgan fingerprint density at radius 3 is 1.14 bits per heavy atom. The van der Waals surface area contributed by atoms with Gasteiger partial charge in [-0.3, -0.25) is 0 Å². The van der Waals surface area contributed by atoms with Crippen LogP contribution in [0.2, 0.25) is 0 Å². The molecule has 2 aliphatic rings. The molecular formula is C51H41Cl4SiZr2. The molecule has 0 saturated heterocycles. The molecule has 0 N–H and O–H groups in total. The number of allylic oxidation sites excluding steroid dienone is 2. The molecule has 0 fully saturated rings. The van der Waals surface area contributed by atoms with E-state index in [2.05, 4.69) is 206 Å². The topological polar surface area (TPSA) is 0 Å². The van der Waals surface area contributed by atoms with Crippen molar-refractivity contribution in [3.63, 3.8) is 0 Å². The number of fused-ring (bicyclic) bond motifs is 2. The van der Waals surface area contributed by atoms with Crippen LogP contribution < -0.4 is 49.6 Å². The van der Waals surface area contributed by atoms with Crippen LogP contribution in [0, 0.1) is 0 Å². The van der Waals surface area contributed by atoms with Crippen molar-refractivity contribution in [1.29, 1.82) is 0 Å². The number of hydrogen-bond acceptors (Lipinski definition) is 0. The Morgan fingerprint density at radius 2 is 0.759 bits per heavy atom. The van der Waals surface area contributed by atoms with Crippen molar-refractivity contribution in [2.45, 2.75) is 19.9 Å². The van der Waals surface area contributed by atoms with Gasteiger partial charge in [0.2, 0.25) is 0 Å². The van der Waals surface area contributed by atoms with Gasteiger partial charge in [-0.1, -0.05) is 133 Å². The quantitative estimate of drug-likeness (QED) is 0.175. The van der Waals surface area contributed by atoms with Gasteiger partial charge in [-0.2, -0.15) is 35.0 Å². The summed E-state index contributed by atoms with van der Waals surface area (Å²) in [7, 11) is 3.40. The van der Waals surface area contributed by atoms with E-state index in [1.807, 2.05) is 18.2 Å². The molecule has 285 valence electrons. The molecule has 9 aromatic carbocycles.